The van der Waals surface area contributed by atoms with Crippen LogP contribution < -0.4 is 5.32 Å². The summed E-state index contributed by atoms with van der Waals surface area (Å²) in [7, 11) is 0. The highest BCUT2D eigenvalue weighted by atomic mass is 32.2. The van der Waals surface area contributed by atoms with Crippen LogP contribution in [-0.2, 0) is 12.8 Å². The van der Waals surface area contributed by atoms with Gasteiger partial charge in [-0.2, -0.15) is 0 Å². The van der Waals surface area contributed by atoms with Crippen LogP contribution >= 0.6 is 11.8 Å². The fourth-order valence-electron chi connectivity index (χ4n) is 2.21. The summed E-state index contributed by atoms with van der Waals surface area (Å²) < 4.78 is 0. The van der Waals surface area contributed by atoms with E-state index in [9.17, 15) is 0 Å². The van der Waals surface area contributed by atoms with Crippen LogP contribution in [0.5, 0.6) is 0 Å². The number of aryl methyl sites for hydroxylation is 2. The molecule has 1 aliphatic rings. The second-order valence-electron chi connectivity index (χ2n) is 4.58. The van der Waals surface area contributed by atoms with Gasteiger partial charge in [-0.3, -0.25) is 4.99 Å². The third-order valence-electron chi connectivity index (χ3n) is 3.40. The molecule has 1 aromatic carbocycles. The summed E-state index contributed by atoms with van der Waals surface area (Å²) in [4.78, 5) is 4.60. The van der Waals surface area contributed by atoms with Crippen molar-refractivity contribution in [1.29, 1.82) is 0 Å². The van der Waals surface area contributed by atoms with Crippen molar-refractivity contribution in [2.75, 3.05) is 11.9 Å². The Labute approximate surface area is 114 Å². The van der Waals surface area contributed by atoms with E-state index in [0.29, 0.717) is 5.25 Å². The molecule has 0 saturated heterocycles. The number of anilines is 1. The summed E-state index contributed by atoms with van der Waals surface area (Å²) in [6, 6.07) is 6.57. The van der Waals surface area contributed by atoms with E-state index in [1.165, 1.54) is 23.2 Å². The lowest BCUT2D eigenvalue weighted by atomic mass is 10.0. The first kappa shape index (κ1) is 13.5. The number of para-hydroxylation sites is 1. The van der Waals surface area contributed by atoms with Crippen molar-refractivity contribution >= 4 is 22.6 Å². The Balaban J connectivity index is 2.18. The highest BCUT2D eigenvalue weighted by molar-refractivity contribution is 8.15. The second kappa shape index (κ2) is 6.28. The van der Waals surface area contributed by atoms with E-state index in [1.807, 2.05) is 11.8 Å². The van der Waals surface area contributed by atoms with Crippen LogP contribution in [0.3, 0.4) is 0 Å². The van der Waals surface area contributed by atoms with Gasteiger partial charge in [-0.25, -0.2) is 0 Å². The molecule has 2 nitrogen and oxygen atoms in total. The lowest BCUT2D eigenvalue weighted by molar-refractivity contribution is 0.843. The zero-order valence-electron chi connectivity index (χ0n) is 11.5. The Morgan fingerprint density at radius 2 is 1.89 bits per heavy atom. The van der Waals surface area contributed by atoms with Crippen LogP contribution in [0.2, 0.25) is 0 Å². The molecule has 1 heterocycles. The minimum absolute atomic E-state index is 0.659. The van der Waals surface area contributed by atoms with Gasteiger partial charge < -0.3 is 5.32 Å². The van der Waals surface area contributed by atoms with Crippen molar-refractivity contribution in [1.82, 2.24) is 0 Å². The summed E-state index contributed by atoms with van der Waals surface area (Å²) in [5, 5.41) is 5.31. The molecular weight excluding hydrogens is 240 g/mol. The molecule has 0 bridgehead atoms. The molecular formula is C15H22N2S. The Kier molecular flexibility index (Phi) is 4.70. The number of hydrogen-bond acceptors (Lipinski definition) is 3. The third-order valence-corrected chi connectivity index (χ3v) is 4.67. The predicted octanol–water partition coefficient (Wildman–Crippen LogP) is 4.10. The van der Waals surface area contributed by atoms with E-state index in [-0.39, 0.29) is 0 Å². The third kappa shape index (κ3) is 2.89. The largest absolute Gasteiger partial charge is 0.335 e. The van der Waals surface area contributed by atoms with Crippen molar-refractivity contribution in [2.24, 2.45) is 4.99 Å². The first-order valence-corrected chi connectivity index (χ1v) is 7.75. The van der Waals surface area contributed by atoms with Crippen molar-refractivity contribution < 1.29 is 0 Å². The van der Waals surface area contributed by atoms with Gasteiger partial charge in [0, 0.05) is 10.9 Å². The van der Waals surface area contributed by atoms with Crippen LogP contribution in [0.1, 0.15) is 38.3 Å². The van der Waals surface area contributed by atoms with Crippen LogP contribution in [0.15, 0.2) is 23.2 Å². The number of benzene rings is 1. The molecule has 0 spiro atoms. The summed E-state index contributed by atoms with van der Waals surface area (Å²) in [6.45, 7) is 7.60. The van der Waals surface area contributed by atoms with E-state index in [0.717, 1.165) is 24.6 Å². The molecule has 0 aromatic heterocycles. The van der Waals surface area contributed by atoms with E-state index in [4.69, 9.17) is 0 Å². The topological polar surface area (TPSA) is 24.4 Å². The maximum Gasteiger partial charge on any atom is 0.161 e. The highest BCUT2D eigenvalue weighted by Gasteiger charge is 2.19. The summed E-state index contributed by atoms with van der Waals surface area (Å²) in [5.41, 5.74) is 4.06. The highest BCUT2D eigenvalue weighted by Crippen LogP contribution is 2.28. The average molecular weight is 262 g/mol. The quantitative estimate of drug-likeness (QED) is 0.883. The van der Waals surface area contributed by atoms with Crippen molar-refractivity contribution in [3.63, 3.8) is 0 Å². The molecule has 1 aliphatic heterocycles. The summed E-state index contributed by atoms with van der Waals surface area (Å²) >= 11 is 1.88. The zero-order valence-corrected chi connectivity index (χ0v) is 12.3. The molecule has 98 valence electrons. The molecule has 0 aliphatic carbocycles. The van der Waals surface area contributed by atoms with Gasteiger partial charge >= 0.3 is 0 Å². The summed E-state index contributed by atoms with van der Waals surface area (Å²) in [5.74, 6) is 0. The maximum absolute atomic E-state index is 4.60. The van der Waals surface area contributed by atoms with E-state index >= 15 is 0 Å². The minimum Gasteiger partial charge on any atom is -0.335 e. The van der Waals surface area contributed by atoms with Crippen LogP contribution in [0, 0.1) is 0 Å². The Bertz CT molecular complexity index is 418. The van der Waals surface area contributed by atoms with Crippen molar-refractivity contribution in [2.45, 2.75) is 45.3 Å². The van der Waals surface area contributed by atoms with Gasteiger partial charge in [-0.1, -0.05) is 50.7 Å². The Morgan fingerprint density at radius 3 is 2.39 bits per heavy atom. The lowest BCUT2D eigenvalue weighted by Crippen LogP contribution is -2.10. The predicted molar refractivity (Wildman–Crippen MR) is 82.8 cm³/mol. The van der Waals surface area contributed by atoms with Gasteiger partial charge in [0.1, 0.15) is 0 Å². The first-order chi connectivity index (χ1) is 8.78. The maximum atomic E-state index is 4.60. The second-order valence-corrected chi connectivity index (χ2v) is 5.87. The normalized spacial score (nSPS) is 18.8. The molecule has 1 N–H and O–H groups in total. The molecule has 1 unspecified atom stereocenters. The van der Waals surface area contributed by atoms with E-state index in [2.05, 4.69) is 49.3 Å². The van der Waals surface area contributed by atoms with Crippen LogP contribution in [-0.4, -0.2) is 17.0 Å². The van der Waals surface area contributed by atoms with Gasteiger partial charge in [0.25, 0.3) is 0 Å². The zero-order chi connectivity index (χ0) is 13.0. The standard InChI is InChI=1S/C15H22N2S/c1-4-11-8-7-9-12(5-2)14(11)17-15-16-10-13(6-3)18-15/h7-9,13H,4-6,10H2,1-3H3,(H,16,17). The Morgan fingerprint density at radius 1 is 1.22 bits per heavy atom. The molecule has 1 atom stereocenters. The molecule has 1 aromatic rings. The SMILES string of the molecule is CCc1cccc(CC)c1NC1=NCC(CC)S1. The van der Waals surface area contributed by atoms with Gasteiger partial charge in [-0.15, -0.1) is 0 Å². The molecule has 0 radical (unpaired) electrons. The van der Waals surface area contributed by atoms with Gasteiger partial charge in [0.15, 0.2) is 5.17 Å². The number of aliphatic imine (C=N–C) groups is 1. The fourth-order valence-corrected chi connectivity index (χ4v) is 3.15. The van der Waals surface area contributed by atoms with Crippen molar-refractivity contribution in [3.8, 4) is 0 Å². The van der Waals surface area contributed by atoms with Gasteiger partial charge in [0.2, 0.25) is 0 Å². The average Bonchev–Trinajstić information content (AvgIpc) is 2.86. The number of amidine groups is 1. The lowest BCUT2D eigenvalue weighted by Gasteiger charge is -2.15. The fraction of sp³-hybridized carbons (Fsp3) is 0.533. The number of nitrogens with one attached hydrogen (secondary N) is 1. The van der Waals surface area contributed by atoms with Crippen LogP contribution in [0.25, 0.3) is 0 Å². The van der Waals surface area contributed by atoms with Gasteiger partial charge in [0.05, 0.1) is 6.54 Å². The van der Waals surface area contributed by atoms with Gasteiger partial charge in [-0.05, 0) is 30.4 Å². The molecule has 0 saturated carbocycles. The Hall–Kier alpha value is -0.960. The molecule has 0 fully saturated rings. The van der Waals surface area contributed by atoms with Crippen molar-refractivity contribution in [3.05, 3.63) is 29.3 Å². The molecule has 2 rings (SSSR count). The number of rotatable bonds is 4. The number of nitrogens with zero attached hydrogens (tertiary/aromatic N) is 1. The number of thioether (sulfide) groups is 1. The monoisotopic (exact) mass is 262 g/mol. The molecule has 18 heavy (non-hydrogen) atoms. The summed E-state index contributed by atoms with van der Waals surface area (Å²) in [6.07, 6.45) is 3.31. The smallest absolute Gasteiger partial charge is 0.161 e. The number of hydrogen-bond donors (Lipinski definition) is 1. The van der Waals surface area contributed by atoms with E-state index < -0.39 is 0 Å². The molecule has 3 heteroatoms. The van der Waals surface area contributed by atoms with E-state index in [1.54, 1.807) is 0 Å². The van der Waals surface area contributed by atoms with Crippen LogP contribution in [0.4, 0.5) is 5.69 Å². The molecule has 0 amide bonds. The minimum atomic E-state index is 0.659. The first-order valence-electron chi connectivity index (χ1n) is 6.87.